The van der Waals surface area contributed by atoms with E-state index in [-0.39, 0.29) is 24.4 Å². The van der Waals surface area contributed by atoms with Gasteiger partial charge in [0.05, 0.1) is 23.7 Å². The fourth-order valence-electron chi connectivity index (χ4n) is 3.84. The van der Waals surface area contributed by atoms with Crippen molar-refractivity contribution in [2.45, 2.75) is 19.8 Å². The maximum absolute atomic E-state index is 12.0. The molecule has 1 saturated heterocycles. The van der Waals surface area contributed by atoms with Gasteiger partial charge in [0, 0.05) is 25.8 Å². The number of aliphatic hydroxyl groups is 1. The number of rotatable bonds is 4. The molecular weight excluding hydrogens is 380 g/mol. The van der Waals surface area contributed by atoms with E-state index < -0.39 is 5.91 Å². The van der Waals surface area contributed by atoms with Gasteiger partial charge in [-0.25, -0.2) is 4.98 Å². The van der Waals surface area contributed by atoms with Crippen LogP contribution in [-0.2, 0) is 0 Å². The van der Waals surface area contributed by atoms with Crippen molar-refractivity contribution >= 4 is 40.8 Å². The number of nitrogens with zero attached hydrogens (tertiary/aromatic N) is 3. The number of fused-ring (bicyclic) bond motifs is 3. The summed E-state index contributed by atoms with van der Waals surface area (Å²) in [6.45, 7) is 3.86. The molecule has 150 valence electrons. The average molecular weight is 405 g/mol. The predicted molar refractivity (Wildman–Crippen MR) is 112 cm³/mol. The van der Waals surface area contributed by atoms with Gasteiger partial charge in [0.1, 0.15) is 0 Å². The van der Waals surface area contributed by atoms with Crippen molar-refractivity contribution in [2.24, 2.45) is 11.1 Å². The minimum Gasteiger partial charge on any atom is -0.493 e. The van der Waals surface area contributed by atoms with Crippen LogP contribution in [0.25, 0.3) is 16.7 Å². The Morgan fingerprint density at radius 1 is 1.32 bits per heavy atom. The van der Waals surface area contributed by atoms with Gasteiger partial charge < -0.3 is 20.5 Å². The van der Waals surface area contributed by atoms with E-state index in [9.17, 15) is 9.90 Å². The fourth-order valence-corrected chi connectivity index (χ4v) is 3.84. The number of anilines is 1. The van der Waals surface area contributed by atoms with E-state index in [1.54, 1.807) is 13.2 Å². The highest BCUT2D eigenvalue weighted by atomic mass is 35.5. The molecule has 0 radical (unpaired) electrons. The molecule has 1 aliphatic rings. The SMILES string of the molecule is COc1cc(C(N)=O)c2nc3ccccc3n2c1N1CCC(C)(CO)CC1.Cl. The lowest BCUT2D eigenvalue weighted by Gasteiger charge is -2.39. The van der Waals surface area contributed by atoms with Crippen LogP contribution in [0.4, 0.5) is 5.82 Å². The van der Waals surface area contributed by atoms with Crippen LogP contribution in [-0.4, -0.2) is 47.2 Å². The minimum absolute atomic E-state index is 0. The molecule has 28 heavy (non-hydrogen) atoms. The van der Waals surface area contributed by atoms with Crippen LogP contribution in [0.1, 0.15) is 30.1 Å². The van der Waals surface area contributed by atoms with Gasteiger partial charge in [-0.3, -0.25) is 9.20 Å². The zero-order valence-corrected chi connectivity index (χ0v) is 16.8. The molecule has 2 aromatic heterocycles. The molecule has 7 nitrogen and oxygen atoms in total. The monoisotopic (exact) mass is 404 g/mol. The molecule has 3 aromatic rings. The number of hydrogen-bond donors (Lipinski definition) is 2. The predicted octanol–water partition coefficient (Wildman–Crippen LogP) is 2.62. The second kappa shape index (κ2) is 7.48. The number of piperidine rings is 1. The van der Waals surface area contributed by atoms with Crippen LogP contribution >= 0.6 is 12.4 Å². The van der Waals surface area contributed by atoms with E-state index >= 15 is 0 Å². The number of carbonyl (C=O) groups is 1. The molecule has 8 heteroatoms. The first kappa shape index (κ1) is 20.2. The Balaban J connectivity index is 0.00000225. The second-order valence-corrected chi connectivity index (χ2v) is 7.53. The molecule has 1 aromatic carbocycles. The van der Waals surface area contributed by atoms with Crippen LogP contribution in [0.2, 0.25) is 0 Å². The Morgan fingerprint density at radius 3 is 2.61 bits per heavy atom. The lowest BCUT2D eigenvalue weighted by atomic mass is 9.81. The number of amides is 1. The number of hydrogen-bond acceptors (Lipinski definition) is 5. The minimum atomic E-state index is -0.536. The topological polar surface area (TPSA) is 93.1 Å². The quantitative estimate of drug-likeness (QED) is 0.697. The summed E-state index contributed by atoms with van der Waals surface area (Å²) in [7, 11) is 1.59. The molecule has 0 saturated carbocycles. The zero-order valence-electron chi connectivity index (χ0n) is 16.0. The van der Waals surface area contributed by atoms with E-state index in [1.807, 2.05) is 28.7 Å². The summed E-state index contributed by atoms with van der Waals surface area (Å²) in [4.78, 5) is 18.9. The number of benzene rings is 1. The van der Waals surface area contributed by atoms with E-state index in [0.29, 0.717) is 17.0 Å². The van der Waals surface area contributed by atoms with Crippen molar-refractivity contribution in [3.8, 4) is 5.75 Å². The summed E-state index contributed by atoms with van der Waals surface area (Å²) in [6.07, 6.45) is 1.75. The molecular formula is C20H25ClN4O3. The van der Waals surface area contributed by atoms with E-state index in [2.05, 4.69) is 16.8 Å². The number of primary amides is 1. The molecule has 0 unspecified atom stereocenters. The number of halogens is 1. The summed E-state index contributed by atoms with van der Waals surface area (Å²) in [6, 6.07) is 9.44. The molecule has 3 N–H and O–H groups in total. The summed E-state index contributed by atoms with van der Waals surface area (Å²) >= 11 is 0. The lowest BCUT2D eigenvalue weighted by Crippen LogP contribution is -2.41. The largest absolute Gasteiger partial charge is 0.493 e. The smallest absolute Gasteiger partial charge is 0.252 e. The summed E-state index contributed by atoms with van der Waals surface area (Å²) in [5, 5.41) is 9.68. The maximum atomic E-state index is 12.0. The van der Waals surface area contributed by atoms with Gasteiger partial charge in [-0.1, -0.05) is 19.1 Å². The first-order valence-corrected chi connectivity index (χ1v) is 9.11. The van der Waals surface area contributed by atoms with Gasteiger partial charge in [-0.15, -0.1) is 12.4 Å². The van der Waals surface area contributed by atoms with Crippen molar-refractivity contribution in [3.05, 3.63) is 35.9 Å². The highest BCUT2D eigenvalue weighted by Gasteiger charge is 2.32. The molecule has 1 amide bonds. The Labute approximate surface area is 169 Å². The number of nitrogens with two attached hydrogens (primary N) is 1. The van der Waals surface area contributed by atoms with Crippen LogP contribution in [0.3, 0.4) is 0 Å². The standard InChI is InChI=1S/C20H24N4O3.ClH/c1-20(12-25)7-9-23(10-8-20)19-16(27-2)11-13(17(21)26)18-22-14-5-3-4-6-15(14)24(18)19;/h3-6,11,25H,7-10,12H2,1-2H3,(H2,21,26);1H. The molecule has 0 bridgehead atoms. The van der Waals surface area contributed by atoms with Gasteiger partial charge in [0.25, 0.3) is 5.91 Å². The molecule has 0 aliphatic carbocycles. The summed E-state index contributed by atoms with van der Waals surface area (Å²) in [5.41, 5.74) is 8.13. The number of aromatic nitrogens is 2. The van der Waals surface area contributed by atoms with Gasteiger partial charge in [-0.05, 0) is 30.4 Å². The van der Waals surface area contributed by atoms with Crippen LogP contribution < -0.4 is 15.4 Å². The number of pyridine rings is 1. The third-order valence-corrected chi connectivity index (χ3v) is 5.65. The molecule has 3 heterocycles. The Bertz CT molecular complexity index is 1030. The van der Waals surface area contributed by atoms with Crippen LogP contribution in [0.15, 0.2) is 30.3 Å². The van der Waals surface area contributed by atoms with Crippen molar-refractivity contribution < 1.29 is 14.6 Å². The maximum Gasteiger partial charge on any atom is 0.252 e. The number of aliphatic hydroxyl groups excluding tert-OH is 1. The number of methoxy groups -OCH3 is 1. The van der Waals surface area contributed by atoms with Gasteiger partial charge in [0.15, 0.2) is 17.2 Å². The second-order valence-electron chi connectivity index (χ2n) is 7.53. The lowest BCUT2D eigenvalue weighted by molar-refractivity contribution is 0.100. The third kappa shape index (κ3) is 3.14. The van der Waals surface area contributed by atoms with Gasteiger partial charge >= 0.3 is 0 Å². The van der Waals surface area contributed by atoms with Gasteiger partial charge in [0.2, 0.25) is 0 Å². The fraction of sp³-hybridized carbons (Fsp3) is 0.400. The summed E-state index contributed by atoms with van der Waals surface area (Å²) < 4.78 is 7.61. The zero-order chi connectivity index (χ0) is 19.2. The Morgan fingerprint density at radius 2 is 2.00 bits per heavy atom. The van der Waals surface area contributed by atoms with Crippen molar-refractivity contribution in [2.75, 3.05) is 31.7 Å². The van der Waals surface area contributed by atoms with Crippen molar-refractivity contribution in [1.29, 1.82) is 0 Å². The highest BCUT2D eigenvalue weighted by Crippen LogP contribution is 2.39. The normalized spacial score (nSPS) is 16.2. The van der Waals surface area contributed by atoms with Crippen LogP contribution in [0.5, 0.6) is 5.75 Å². The number of para-hydroxylation sites is 2. The molecule has 1 fully saturated rings. The number of carbonyl (C=O) groups excluding carboxylic acids is 1. The van der Waals surface area contributed by atoms with E-state index in [0.717, 1.165) is 42.8 Å². The first-order chi connectivity index (χ1) is 13.0. The van der Waals surface area contributed by atoms with Crippen LogP contribution in [0, 0.1) is 5.41 Å². The van der Waals surface area contributed by atoms with Crippen molar-refractivity contribution in [3.63, 3.8) is 0 Å². The van der Waals surface area contributed by atoms with E-state index in [4.69, 9.17) is 10.5 Å². The Kier molecular flexibility index (Phi) is 5.41. The number of ether oxygens (including phenoxy) is 1. The third-order valence-electron chi connectivity index (χ3n) is 5.65. The van der Waals surface area contributed by atoms with Gasteiger partial charge in [-0.2, -0.15) is 0 Å². The average Bonchev–Trinajstić information content (AvgIpc) is 3.06. The molecule has 4 rings (SSSR count). The molecule has 1 aliphatic heterocycles. The highest BCUT2D eigenvalue weighted by molar-refractivity contribution is 6.02. The number of imidazole rings is 1. The molecule has 0 atom stereocenters. The van der Waals surface area contributed by atoms with Crippen molar-refractivity contribution in [1.82, 2.24) is 9.38 Å². The van der Waals surface area contributed by atoms with E-state index in [1.165, 1.54) is 0 Å². The Hall–Kier alpha value is -2.51. The summed E-state index contributed by atoms with van der Waals surface area (Å²) in [5.74, 6) is 0.921. The first-order valence-electron chi connectivity index (χ1n) is 9.11. The molecule has 0 spiro atoms.